The van der Waals surface area contributed by atoms with Crippen molar-refractivity contribution in [2.24, 2.45) is 0 Å². The minimum Gasteiger partial charge on any atom is -0.359 e. The SMILES string of the molecule is CCN(C)c1nc(=O)n(-c2ccccc2Cl)c2cc(C3CC3)ccc12. The lowest BCUT2D eigenvalue weighted by Crippen LogP contribution is -2.27. The Morgan fingerprint density at radius 2 is 2.00 bits per heavy atom. The van der Waals surface area contributed by atoms with Gasteiger partial charge >= 0.3 is 5.69 Å². The van der Waals surface area contributed by atoms with Gasteiger partial charge in [0, 0.05) is 19.0 Å². The molecule has 2 aromatic carbocycles. The van der Waals surface area contributed by atoms with E-state index in [9.17, 15) is 4.79 Å². The highest BCUT2D eigenvalue weighted by molar-refractivity contribution is 6.32. The van der Waals surface area contributed by atoms with E-state index in [2.05, 4.69) is 23.2 Å². The first-order valence-electron chi connectivity index (χ1n) is 8.63. The first kappa shape index (κ1) is 16.2. The predicted octanol–water partition coefficient (Wildman–Crippen LogP) is 4.37. The molecular formula is C20H20ClN3O. The van der Waals surface area contributed by atoms with Gasteiger partial charge in [0.1, 0.15) is 5.82 Å². The number of hydrogen-bond donors (Lipinski definition) is 0. The molecule has 1 fully saturated rings. The van der Waals surface area contributed by atoms with E-state index < -0.39 is 0 Å². The van der Waals surface area contributed by atoms with Gasteiger partial charge in [-0.15, -0.1) is 0 Å². The Kier molecular flexibility index (Phi) is 4.00. The van der Waals surface area contributed by atoms with Crippen LogP contribution in [0.5, 0.6) is 0 Å². The molecule has 0 amide bonds. The highest BCUT2D eigenvalue weighted by Gasteiger charge is 2.25. The van der Waals surface area contributed by atoms with Crippen LogP contribution in [0.4, 0.5) is 5.82 Å². The maximum Gasteiger partial charge on any atom is 0.354 e. The van der Waals surface area contributed by atoms with Gasteiger partial charge < -0.3 is 4.90 Å². The number of halogens is 1. The van der Waals surface area contributed by atoms with Crippen LogP contribution in [0, 0.1) is 0 Å². The quantitative estimate of drug-likeness (QED) is 0.699. The Hall–Kier alpha value is -2.33. The first-order valence-corrected chi connectivity index (χ1v) is 9.00. The molecule has 1 aromatic heterocycles. The van der Waals surface area contributed by atoms with Crippen molar-refractivity contribution < 1.29 is 0 Å². The number of rotatable bonds is 4. The zero-order valence-electron chi connectivity index (χ0n) is 14.4. The molecule has 0 spiro atoms. The second kappa shape index (κ2) is 6.19. The van der Waals surface area contributed by atoms with Crippen LogP contribution < -0.4 is 10.6 Å². The Balaban J connectivity index is 2.08. The van der Waals surface area contributed by atoms with Gasteiger partial charge in [-0.1, -0.05) is 29.8 Å². The Morgan fingerprint density at radius 3 is 2.68 bits per heavy atom. The molecule has 3 aromatic rings. The van der Waals surface area contributed by atoms with Crippen LogP contribution in [0.15, 0.2) is 47.3 Å². The van der Waals surface area contributed by atoms with Gasteiger partial charge in [-0.2, -0.15) is 4.98 Å². The van der Waals surface area contributed by atoms with Crippen molar-refractivity contribution in [2.75, 3.05) is 18.5 Å². The van der Waals surface area contributed by atoms with Crippen molar-refractivity contribution in [3.63, 3.8) is 0 Å². The van der Waals surface area contributed by atoms with Crippen molar-refractivity contribution in [3.8, 4) is 5.69 Å². The molecule has 1 saturated carbocycles. The minimum atomic E-state index is -0.302. The zero-order chi connectivity index (χ0) is 17.6. The molecule has 4 nitrogen and oxygen atoms in total. The molecule has 1 aliphatic rings. The summed E-state index contributed by atoms with van der Waals surface area (Å²) in [6.07, 6.45) is 2.43. The number of fused-ring (bicyclic) bond motifs is 1. The third-order valence-electron chi connectivity index (χ3n) is 4.87. The topological polar surface area (TPSA) is 38.1 Å². The summed E-state index contributed by atoms with van der Waals surface area (Å²) >= 11 is 6.38. The fourth-order valence-corrected chi connectivity index (χ4v) is 3.42. The predicted molar refractivity (Wildman–Crippen MR) is 103 cm³/mol. The van der Waals surface area contributed by atoms with Crippen molar-refractivity contribution in [1.29, 1.82) is 0 Å². The lowest BCUT2D eigenvalue weighted by atomic mass is 10.1. The Bertz CT molecular complexity index is 1010. The highest BCUT2D eigenvalue weighted by Crippen LogP contribution is 2.41. The van der Waals surface area contributed by atoms with Crippen molar-refractivity contribution in [1.82, 2.24) is 9.55 Å². The zero-order valence-corrected chi connectivity index (χ0v) is 15.1. The molecule has 25 heavy (non-hydrogen) atoms. The Labute approximate surface area is 151 Å². The lowest BCUT2D eigenvalue weighted by molar-refractivity contribution is 0.895. The number of anilines is 1. The highest BCUT2D eigenvalue weighted by atomic mass is 35.5. The van der Waals surface area contributed by atoms with Gasteiger partial charge in [0.15, 0.2) is 0 Å². The van der Waals surface area contributed by atoms with Crippen LogP contribution in [0.25, 0.3) is 16.6 Å². The summed E-state index contributed by atoms with van der Waals surface area (Å²) in [4.78, 5) is 19.2. The number of para-hydroxylation sites is 1. The van der Waals surface area contributed by atoms with Crippen LogP contribution in [0.1, 0.15) is 31.2 Å². The summed E-state index contributed by atoms with van der Waals surface area (Å²) in [5.41, 5.74) is 2.52. The smallest absolute Gasteiger partial charge is 0.354 e. The summed E-state index contributed by atoms with van der Waals surface area (Å²) in [6.45, 7) is 2.83. The van der Waals surface area contributed by atoms with Crippen molar-refractivity contribution in [3.05, 3.63) is 63.5 Å². The lowest BCUT2D eigenvalue weighted by Gasteiger charge is -2.20. The van der Waals surface area contributed by atoms with Crippen LogP contribution in [0.2, 0.25) is 5.02 Å². The van der Waals surface area contributed by atoms with Gasteiger partial charge in [-0.05, 0) is 55.5 Å². The molecular weight excluding hydrogens is 334 g/mol. The second-order valence-corrected chi connectivity index (χ2v) is 6.98. The van der Waals surface area contributed by atoms with E-state index in [4.69, 9.17) is 11.6 Å². The maximum absolute atomic E-state index is 12.9. The molecule has 0 N–H and O–H groups in total. The molecule has 0 unspecified atom stereocenters. The molecule has 0 radical (unpaired) electrons. The van der Waals surface area contributed by atoms with Crippen LogP contribution in [0.3, 0.4) is 0 Å². The molecule has 0 saturated heterocycles. The van der Waals surface area contributed by atoms with E-state index in [-0.39, 0.29) is 5.69 Å². The van der Waals surface area contributed by atoms with Crippen LogP contribution >= 0.6 is 11.6 Å². The molecule has 1 heterocycles. The maximum atomic E-state index is 12.9. The fourth-order valence-electron chi connectivity index (χ4n) is 3.20. The third kappa shape index (κ3) is 2.81. The largest absolute Gasteiger partial charge is 0.359 e. The summed E-state index contributed by atoms with van der Waals surface area (Å²) in [7, 11) is 1.95. The summed E-state index contributed by atoms with van der Waals surface area (Å²) in [5.74, 6) is 1.33. The summed E-state index contributed by atoms with van der Waals surface area (Å²) in [6, 6.07) is 13.8. The van der Waals surface area contributed by atoms with Crippen molar-refractivity contribution in [2.45, 2.75) is 25.7 Å². The standard InChI is InChI=1S/C20H20ClN3O/c1-3-23(2)19-15-11-10-14(13-8-9-13)12-18(15)24(20(25)22-19)17-7-5-4-6-16(17)21/h4-7,10-13H,3,8-9H2,1-2H3. The fraction of sp³-hybridized carbons (Fsp3) is 0.300. The van der Waals surface area contributed by atoms with Crippen molar-refractivity contribution >= 4 is 28.3 Å². The molecule has 5 heteroatoms. The second-order valence-electron chi connectivity index (χ2n) is 6.57. The number of benzene rings is 2. The molecule has 0 atom stereocenters. The van der Waals surface area contributed by atoms with E-state index in [0.717, 1.165) is 17.4 Å². The van der Waals surface area contributed by atoms with E-state index in [0.29, 0.717) is 22.4 Å². The van der Waals surface area contributed by atoms with E-state index in [1.54, 1.807) is 10.6 Å². The Morgan fingerprint density at radius 1 is 1.24 bits per heavy atom. The van der Waals surface area contributed by atoms with Gasteiger partial charge in [-0.3, -0.25) is 4.57 Å². The molecule has 128 valence electrons. The average Bonchev–Trinajstić information content (AvgIpc) is 3.46. The van der Waals surface area contributed by atoms with Crippen LogP contribution in [-0.2, 0) is 0 Å². The first-order chi connectivity index (χ1) is 12.1. The van der Waals surface area contributed by atoms with Gasteiger partial charge in [0.2, 0.25) is 0 Å². The van der Waals surface area contributed by atoms with Gasteiger partial charge in [0.25, 0.3) is 0 Å². The summed E-state index contributed by atoms with van der Waals surface area (Å²) in [5, 5.41) is 1.51. The number of aromatic nitrogens is 2. The van der Waals surface area contributed by atoms with Gasteiger partial charge in [0.05, 0.1) is 16.2 Å². The molecule has 1 aliphatic carbocycles. The van der Waals surface area contributed by atoms with E-state index in [1.807, 2.05) is 37.1 Å². The average molecular weight is 354 g/mol. The third-order valence-corrected chi connectivity index (χ3v) is 5.19. The van der Waals surface area contributed by atoms with Crippen LogP contribution in [-0.4, -0.2) is 23.1 Å². The summed E-state index contributed by atoms with van der Waals surface area (Å²) < 4.78 is 1.64. The molecule has 0 aliphatic heterocycles. The monoisotopic (exact) mass is 353 g/mol. The molecule has 4 rings (SSSR count). The number of hydrogen-bond acceptors (Lipinski definition) is 3. The molecule has 0 bridgehead atoms. The van der Waals surface area contributed by atoms with Gasteiger partial charge in [-0.25, -0.2) is 4.79 Å². The minimum absolute atomic E-state index is 0.302. The van der Waals surface area contributed by atoms with E-state index >= 15 is 0 Å². The number of nitrogens with zero attached hydrogens (tertiary/aromatic N) is 3. The van der Waals surface area contributed by atoms with E-state index in [1.165, 1.54) is 18.4 Å². The normalized spacial score (nSPS) is 14.0.